The second-order valence-electron chi connectivity index (χ2n) is 4.51. The predicted octanol–water partition coefficient (Wildman–Crippen LogP) is 2.09. The monoisotopic (exact) mass is 309 g/mol. The molecule has 2 aromatic rings. The molecule has 0 atom stereocenters. The lowest BCUT2D eigenvalue weighted by molar-refractivity contribution is 0.318. The van der Waals surface area contributed by atoms with E-state index in [1.54, 1.807) is 19.1 Å². The number of benzene rings is 1. The molecule has 110 valence electrons. The minimum Gasteiger partial charge on any atom is -0.409 e. The fourth-order valence-electron chi connectivity index (χ4n) is 1.94. The number of rotatable bonds is 3. The molecule has 0 saturated heterocycles. The number of nitrogens with two attached hydrogens (primary N) is 1. The van der Waals surface area contributed by atoms with E-state index in [4.69, 9.17) is 22.5 Å². The summed E-state index contributed by atoms with van der Waals surface area (Å²) in [5.41, 5.74) is 6.38. The highest BCUT2D eigenvalue weighted by Crippen LogP contribution is 2.16. The van der Waals surface area contributed by atoms with Gasteiger partial charge in [0.05, 0.1) is 17.1 Å². The van der Waals surface area contributed by atoms with Gasteiger partial charge >= 0.3 is 0 Å². The number of pyridine rings is 1. The van der Waals surface area contributed by atoms with Gasteiger partial charge in [-0.15, -0.1) is 0 Å². The largest absolute Gasteiger partial charge is 0.409 e. The zero-order valence-corrected chi connectivity index (χ0v) is 11.9. The summed E-state index contributed by atoms with van der Waals surface area (Å²) in [6.45, 7) is 1.90. The first-order chi connectivity index (χ1) is 9.93. The smallest absolute Gasteiger partial charge is 0.262 e. The number of halogens is 2. The van der Waals surface area contributed by atoms with Crippen LogP contribution in [0.2, 0.25) is 5.02 Å². The Morgan fingerprint density at radius 3 is 2.76 bits per heavy atom. The van der Waals surface area contributed by atoms with Gasteiger partial charge in [0.2, 0.25) is 0 Å². The van der Waals surface area contributed by atoms with Crippen molar-refractivity contribution in [3.63, 3.8) is 0 Å². The van der Waals surface area contributed by atoms with Gasteiger partial charge in [-0.2, -0.15) is 0 Å². The van der Waals surface area contributed by atoms with Crippen molar-refractivity contribution < 1.29 is 9.60 Å². The Kier molecular flexibility index (Phi) is 4.28. The topological polar surface area (TPSA) is 80.6 Å². The van der Waals surface area contributed by atoms with Crippen molar-refractivity contribution in [3.05, 3.63) is 68.3 Å². The predicted molar refractivity (Wildman–Crippen MR) is 78.5 cm³/mol. The normalized spacial score (nSPS) is 11.7. The second-order valence-corrected chi connectivity index (χ2v) is 4.92. The Balaban J connectivity index is 2.49. The van der Waals surface area contributed by atoms with E-state index in [9.17, 15) is 9.18 Å². The van der Waals surface area contributed by atoms with Crippen molar-refractivity contribution in [1.29, 1.82) is 0 Å². The Labute approximate surface area is 125 Å². The SMILES string of the molecule is Cc1ccc(/C(N)=N/O)c(=O)n1Cc1ccc(Cl)c(F)c1. The van der Waals surface area contributed by atoms with Crippen LogP contribution < -0.4 is 11.3 Å². The van der Waals surface area contributed by atoms with Crippen LogP contribution in [-0.2, 0) is 6.54 Å². The molecule has 7 heteroatoms. The molecule has 0 saturated carbocycles. The minimum absolute atomic E-state index is 0.0215. The summed E-state index contributed by atoms with van der Waals surface area (Å²) in [5, 5.41) is 11.5. The van der Waals surface area contributed by atoms with Gasteiger partial charge < -0.3 is 15.5 Å². The Hall–Kier alpha value is -2.34. The molecule has 1 aromatic heterocycles. The van der Waals surface area contributed by atoms with Crippen molar-refractivity contribution in [3.8, 4) is 0 Å². The van der Waals surface area contributed by atoms with Crippen molar-refractivity contribution in [2.24, 2.45) is 10.9 Å². The fourth-order valence-corrected chi connectivity index (χ4v) is 2.05. The molecule has 0 fully saturated rings. The molecule has 0 radical (unpaired) electrons. The minimum atomic E-state index is -0.549. The number of aryl methyl sites for hydroxylation is 1. The molecule has 3 N–H and O–H groups in total. The third-order valence-electron chi connectivity index (χ3n) is 3.10. The average molecular weight is 310 g/mol. The summed E-state index contributed by atoms with van der Waals surface area (Å²) < 4.78 is 14.9. The number of oxime groups is 1. The molecule has 0 unspecified atom stereocenters. The molecule has 1 heterocycles. The van der Waals surface area contributed by atoms with E-state index >= 15 is 0 Å². The van der Waals surface area contributed by atoms with Crippen LogP contribution in [0.4, 0.5) is 4.39 Å². The summed E-state index contributed by atoms with van der Waals surface area (Å²) in [5.74, 6) is -0.816. The molecule has 5 nitrogen and oxygen atoms in total. The van der Waals surface area contributed by atoms with E-state index in [0.29, 0.717) is 11.3 Å². The highest BCUT2D eigenvalue weighted by atomic mass is 35.5. The number of hydrogen-bond donors (Lipinski definition) is 2. The maximum Gasteiger partial charge on any atom is 0.262 e. The first-order valence-corrected chi connectivity index (χ1v) is 6.44. The lowest BCUT2D eigenvalue weighted by atomic mass is 10.2. The van der Waals surface area contributed by atoms with Crippen molar-refractivity contribution in [2.45, 2.75) is 13.5 Å². The molecule has 21 heavy (non-hydrogen) atoms. The number of aromatic nitrogens is 1. The van der Waals surface area contributed by atoms with Crippen LogP contribution in [0.25, 0.3) is 0 Å². The summed E-state index contributed by atoms with van der Waals surface area (Å²) in [6.07, 6.45) is 0. The van der Waals surface area contributed by atoms with Gasteiger partial charge in [-0.25, -0.2) is 4.39 Å². The van der Waals surface area contributed by atoms with Crippen LogP contribution >= 0.6 is 11.6 Å². The van der Waals surface area contributed by atoms with Crippen molar-refractivity contribution >= 4 is 17.4 Å². The maximum atomic E-state index is 13.5. The lowest BCUT2D eigenvalue weighted by Crippen LogP contribution is -2.31. The summed E-state index contributed by atoms with van der Waals surface area (Å²) in [6, 6.07) is 7.48. The van der Waals surface area contributed by atoms with Crippen LogP contribution in [0.1, 0.15) is 16.8 Å². The van der Waals surface area contributed by atoms with Crippen LogP contribution in [0.3, 0.4) is 0 Å². The van der Waals surface area contributed by atoms with E-state index in [1.807, 2.05) is 0 Å². The summed E-state index contributed by atoms with van der Waals surface area (Å²) >= 11 is 5.63. The zero-order chi connectivity index (χ0) is 15.6. The quantitative estimate of drug-likeness (QED) is 0.394. The van der Waals surface area contributed by atoms with E-state index in [1.165, 1.54) is 22.8 Å². The van der Waals surface area contributed by atoms with Crippen LogP contribution in [0.15, 0.2) is 40.3 Å². The molecule has 0 spiro atoms. The van der Waals surface area contributed by atoms with Gasteiger partial charge in [0.1, 0.15) is 5.82 Å². The number of nitrogens with zero attached hydrogens (tertiary/aromatic N) is 2. The molecule has 0 aliphatic heterocycles. The van der Waals surface area contributed by atoms with Crippen LogP contribution in [-0.4, -0.2) is 15.6 Å². The Morgan fingerprint density at radius 2 is 2.14 bits per heavy atom. The first-order valence-electron chi connectivity index (χ1n) is 6.06. The van der Waals surface area contributed by atoms with Gasteiger partial charge in [0.25, 0.3) is 5.56 Å². The van der Waals surface area contributed by atoms with Gasteiger partial charge in [0, 0.05) is 5.69 Å². The maximum absolute atomic E-state index is 13.5. The number of amidine groups is 1. The van der Waals surface area contributed by atoms with E-state index in [2.05, 4.69) is 5.16 Å². The molecule has 0 aliphatic rings. The first kappa shape index (κ1) is 15.1. The van der Waals surface area contributed by atoms with Crippen LogP contribution in [0.5, 0.6) is 0 Å². The van der Waals surface area contributed by atoms with Crippen molar-refractivity contribution in [2.75, 3.05) is 0 Å². The van der Waals surface area contributed by atoms with Gasteiger partial charge in [-0.1, -0.05) is 22.8 Å². The second kappa shape index (κ2) is 5.97. The van der Waals surface area contributed by atoms with Gasteiger partial charge in [0.15, 0.2) is 5.84 Å². The fraction of sp³-hybridized carbons (Fsp3) is 0.143. The zero-order valence-electron chi connectivity index (χ0n) is 11.2. The highest BCUT2D eigenvalue weighted by Gasteiger charge is 2.11. The average Bonchev–Trinajstić information content (AvgIpc) is 2.46. The molecule has 0 aliphatic carbocycles. The Morgan fingerprint density at radius 1 is 1.43 bits per heavy atom. The van der Waals surface area contributed by atoms with Crippen LogP contribution in [0, 0.1) is 12.7 Å². The molecule has 2 rings (SSSR count). The molecule has 0 amide bonds. The summed E-state index contributed by atoms with van der Waals surface area (Å²) in [4.78, 5) is 12.3. The molecule has 1 aromatic carbocycles. The lowest BCUT2D eigenvalue weighted by Gasteiger charge is -2.12. The van der Waals surface area contributed by atoms with Gasteiger partial charge in [-0.05, 0) is 36.8 Å². The standard InChI is InChI=1S/C14H13ClFN3O2/c1-8-2-4-10(13(17)18-21)14(20)19(8)7-9-3-5-11(15)12(16)6-9/h2-6,21H,7H2,1H3,(H2,17,18). The molecular formula is C14H13ClFN3O2. The van der Waals surface area contributed by atoms with E-state index < -0.39 is 11.4 Å². The number of hydrogen-bond acceptors (Lipinski definition) is 3. The van der Waals surface area contributed by atoms with E-state index in [0.717, 1.165) is 0 Å². The third-order valence-corrected chi connectivity index (χ3v) is 3.41. The van der Waals surface area contributed by atoms with Gasteiger partial charge in [-0.3, -0.25) is 4.79 Å². The van der Waals surface area contributed by atoms with Crippen molar-refractivity contribution in [1.82, 2.24) is 4.57 Å². The Bertz CT molecular complexity index is 771. The summed E-state index contributed by atoms with van der Waals surface area (Å²) in [7, 11) is 0. The molecule has 0 bridgehead atoms. The van der Waals surface area contributed by atoms with E-state index in [-0.39, 0.29) is 23.0 Å². The highest BCUT2D eigenvalue weighted by molar-refractivity contribution is 6.30. The molecular weight excluding hydrogens is 297 g/mol. The third kappa shape index (κ3) is 3.05.